The molecule has 1 saturated heterocycles. The van der Waals surface area contributed by atoms with Gasteiger partial charge in [0.1, 0.15) is 0 Å². The van der Waals surface area contributed by atoms with E-state index in [1.54, 1.807) is 18.2 Å². The Morgan fingerprint density at radius 2 is 1.83 bits per heavy atom. The fourth-order valence-electron chi connectivity index (χ4n) is 3.51. The van der Waals surface area contributed by atoms with Crippen molar-refractivity contribution in [1.82, 2.24) is 9.47 Å². The van der Waals surface area contributed by atoms with Crippen LogP contribution in [0.3, 0.4) is 0 Å². The lowest BCUT2D eigenvalue weighted by Crippen LogP contribution is -2.43. The summed E-state index contributed by atoms with van der Waals surface area (Å²) in [6.07, 6.45) is 0.919. The van der Waals surface area contributed by atoms with E-state index in [4.69, 9.17) is 11.6 Å². The summed E-state index contributed by atoms with van der Waals surface area (Å²) in [4.78, 5) is 14.5. The molecule has 1 N–H and O–H groups in total. The molecule has 29 heavy (non-hydrogen) atoms. The lowest BCUT2D eigenvalue weighted by atomic mass is 10.1. The molecule has 1 aliphatic rings. The lowest BCUT2D eigenvalue weighted by Gasteiger charge is -2.35. The van der Waals surface area contributed by atoms with Crippen molar-refractivity contribution in [3.63, 3.8) is 0 Å². The molecular formula is C20H24Cl2F3N3O. The zero-order valence-electron chi connectivity index (χ0n) is 16.0. The Morgan fingerprint density at radius 3 is 2.41 bits per heavy atom. The number of anilines is 1. The number of halogens is 5. The molecule has 4 nitrogen and oxygen atoms in total. The van der Waals surface area contributed by atoms with E-state index in [1.807, 2.05) is 0 Å². The van der Waals surface area contributed by atoms with E-state index in [0.29, 0.717) is 0 Å². The second kappa shape index (κ2) is 9.87. The first-order valence-corrected chi connectivity index (χ1v) is 9.78. The third-order valence-electron chi connectivity index (χ3n) is 5.00. The summed E-state index contributed by atoms with van der Waals surface area (Å²) in [5.74, 6) is 0. The van der Waals surface area contributed by atoms with Crippen molar-refractivity contribution in [3.05, 3.63) is 57.5 Å². The maximum atomic E-state index is 13.0. The highest BCUT2D eigenvalue weighted by atomic mass is 35.5. The first-order chi connectivity index (χ1) is 13.3. The van der Waals surface area contributed by atoms with Gasteiger partial charge < -0.3 is 5.32 Å². The predicted octanol–water partition coefficient (Wildman–Crippen LogP) is 5.57. The van der Waals surface area contributed by atoms with Crippen molar-refractivity contribution in [2.75, 3.05) is 18.4 Å². The first kappa shape index (κ1) is 23.6. The Bertz CT molecular complexity index is 880. The molecule has 2 aromatic rings. The molecule has 1 unspecified atom stereocenters. The van der Waals surface area contributed by atoms with Gasteiger partial charge in [-0.15, -0.1) is 12.4 Å². The first-order valence-electron chi connectivity index (χ1n) is 9.40. The number of alkyl halides is 3. The number of aromatic nitrogens is 1. The summed E-state index contributed by atoms with van der Waals surface area (Å²) in [6, 6.07) is 6.62. The van der Waals surface area contributed by atoms with Gasteiger partial charge >= 0.3 is 6.18 Å². The van der Waals surface area contributed by atoms with Crippen LogP contribution in [-0.2, 0) is 6.18 Å². The van der Waals surface area contributed by atoms with Gasteiger partial charge in [-0.25, -0.2) is 0 Å². The van der Waals surface area contributed by atoms with Gasteiger partial charge in [-0.3, -0.25) is 14.3 Å². The molecule has 1 aliphatic heterocycles. The number of hydrogen-bond acceptors (Lipinski definition) is 3. The molecule has 3 rings (SSSR count). The van der Waals surface area contributed by atoms with Gasteiger partial charge in [0, 0.05) is 31.0 Å². The zero-order chi connectivity index (χ0) is 20.3. The number of rotatable bonds is 5. The lowest BCUT2D eigenvalue weighted by molar-refractivity contribution is -0.138. The van der Waals surface area contributed by atoms with E-state index >= 15 is 0 Å². The highest BCUT2D eigenvalue weighted by Crippen LogP contribution is 2.30. The number of likely N-dealkylation sites (tertiary alicyclic amines) is 1. The second-order valence-corrected chi connectivity index (χ2v) is 7.36. The molecule has 0 aliphatic carbocycles. The third-order valence-corrected chi connectivity index (χ3v) is 5.30. The minimum atomic E-state index is -4.54. The fraction of sp³-hybridized carbons (Fsp3) is 0.450. The standard InChI is InChI=1S/C20H23ClF3N3O.ClH/c1-2-18(26-10-4-3-5-11-26)25-15-7-8-17(16(21)12-15)27-13-14(20(22,23)24)6-9-19(27)28;/h6-9,12-13,18,25H,2-5,10-11H2,1H3;1H. The smallest absolute Gasteiger partial charge is 0.370 e. The number of nitrogens with one attached hydrogen (secondary N) is 1. The number of nitrogens with zero attached hydrogens (tertiary/aromatic N) is 2. The van der Waals surface area contributed by atoms with Crippen LogP contribution in [0.4, 0.5) is 18.9 Å². The van der Waals surface area contributed by atoms with Gasteiger partial charge in [0.25, 0.3) is 5.56 Å². The monoisotopic (exact) mass is 449 g/mol. The van der Waals surface area contributed by atoms with E-state index < -0.39 is 17.3 Å². The molecule has 0 amide bonds. The predicted molar refractivity (Wildman–Crippen MR) is 112 cm³/mol. The van der Waals surface area contributed by atoms with Crippen molar-refractivity contribution in [3.8, 4) is 5.69 Å². The van der Waals surface area contributed by atoms with E-state index in [1.165, 1.54) is 19.3 Å². The molecule has 2 heterocycles. The number of benzene rings is 1. The van der Waals surface area contributed by atoms with Crippen LogP contribution in [0.1, 0.15) is 38.2 Å². The molecule has 1 atom stereocenters. The topological polar surface area (TPSA) is 37.3 Å². The summed E-state index contributed by atoms with van der Waals surface area (Å²) < 4.78 is 39.9. The Labute approximate surface area is 179 Å². The summed E-state index contributed by atoms with van der Waals surface area (Å²) in [7, 11) is 0. The summed E-state index contributed by atoms with van der Waals surface area (Å²) in [5, 5.41) is 3.65. The maximum Gasteiger partial charge on any atom is 0.417 e. The Kier molecular flexibility index (Phi) is 8.02. The van der Waals surface area contributed by atoms with Crippen molar-refractivity contribution in [2.24, 2.45) is 0 Å². The third kappa shape index (κ3) is 5.68. The van der Waals surface area contributed by atoms with E-state index in [-0.39, 0.29) is 29.3 Å². The van der Waals surface area contributed by atoms with Crippen LogP contribution in [0.25, 0.3) is 5.69 Å². The average Bonchev–Trinajstić information content (AvgIpc) is 2.67. The SMILES string of the molecule is CCC(Nc1ccc(-n2cc(C(F)(F)F)ccc2=O)c(Cl)c1)N1CCCCC1.Cl. The van der Waals surface area contributed by atoms with Crippen molar-refractivity contribution in [2.45, 2.75) is 44.9 Å². The van der Waals surface area contributed by atoms with Gasteiger partial charge in [-0.2, -0.15) is 13.2 Å². The van der Waals surface area contributed by atoms with Crippen LogP contribution in [0.2, 0.25) is 5.02 Å². The average molecular weight is 450 g/mol. The number of pyridine rings is 1. The molecule has 9 heteroatoms. The van der Waals surface area contributed by atoms with Crippen molar-refractivity contribution >= 4 is 29.7 Å². The van der Waals surface area contributed by atoms with Crippen LogP contribution < -0.4 is 10.9 Å². The highest BCUT2D eigenvalue weighted by Gasteiger charge is 2.31. The summed E-state index contributed by atoms with van der Waals surface area (Å²) >= 11 is 6.32. The summed E-state index contributed by atoms with van der Waals surface area (Å²) in [6.45, 7) is 4.18. The number of hydrogen-bond donors (Lipinski definition) is 1. The quantitative estimate of drug-likeness (QED) is 0.648. The van der Waals surface area contributed by atoms with Crippen LogP contribution >= 0.6 is 24.0 Å². The highest BCUT2D eigenvalue weighted by molar-refractivity contribution is 6.32. The van der Waals surface area contributed by atoms with Gasteiger partial charge in [-0.05, 0) is 43.5 Å². The Morgan fingerprint density at radius 1 is 1.14 bits per heavy atom. The molecule has 1 fully saturated rings. The minimum Gasteiger partial charge on any atom is -0.370 e. The van der Waals surface area contributed by atoms with Crippen molar-refractivity contribution in [1.29, 1.82) is 0 Å². The van der Waals surface area contributed by atoms with Gasteiger partial charge in [0.2, 0.25) is 0 Å². The molecular weight excluding hydrogens is 426 g/mol. The fourth-order valence-corrected chi connectivity index (χ4v) is 3.78. The van der Waals surface area contributed by atoms with Gasteiger partial charge in [0.05, 0.1) is 22.4 Å². The molecule has 0 saturated carbocycles. The second-order valence-electron chi connectivity index (χ2n) is 6.95. The molecule has 1 aromatic heterocycles. The molecule has 0 spiro atoms. The Balaban J connectivity index is 0.00000300. The van der Waals surface area contributed by atoms with Crippen molar-refractivity contribution < 1.29 is 13.2 Å². The normalized spacial score (nSPS) is 16.2. The van der Waals surface area contributed by atoms with Crippen LogP contribution in [0.5, 0.6) is 0 Å². The van der Waals surface area contributed by atoms with Crippen LogP contribution in [-0.4, -0.2) is 28.7 Å². The largest absolute Gasteiger partial charge is 0.417 e. The molecule has 0 radical (unpaired) electrons. The van der Waals surface area contributed by atoms with Gasteiger partial charge in [-0.1, -0.05) is 24.9 Å². The summed E-state index contributed by atoms with van der Waals surface area (Å²) in [5.41, 5.74) is -0.489. The molecule has 0 bridgehead atoms. The van der Waals surface area contributed by atoms with Gasteiger partial charge in [0.15, 0.2) is 0 Å². The van der Waals surface area contributed by atoms with Crippen LogP contribution in [0.15, 0.2) is 41.3 Å². The minimum absolute atomic E-state index is 0. The van der Waals surface area contributed by atoms with Crippen LogP contribution in [0, 0.1) is 0 Å². The maximum absolute atomic E-state index is 13.0. The zero-order valence-corrected chi connectivity index (χ0v) is 17.6. The Hall–Kier alpha value is -1.70. The van der Waals surface area contributed by atoms with E-state index in [2.05, 4.69) is 17.1 Å². The van der Waals surface area contributed by atoms with E-state index in [0.717, 1.165) is 48.1 Å². The van der Waals surface area contributed by atoms with E-state index in [9.17, 15) is 18.0 Å². The number of piperidine rings is 1. The molecule has 1 aromatic carbocycles. The molecule has 160 valence electrons.